The molecular formula is C25H27N3O3. The van der Waals surface area contributed by atoms with Crippen LogP contribution in [0.4, 0.5) is 5.82 Å². The molecule has 31 heavy (non-hydrogen) atoms. The van der Waals surface area contributed by atoms with Crippen LogP contribution in [0.3, 0.4) is 0 Å². The first-order valence-electron chi connectivity index (χ1n) is 10.6. The van der Waals surface area contributed by atoms with Gasteiger partial charge >= 0.3 is 5.97 Å². The van der Waals surface area contributed by atoms with Gasteiger partial charge in [0.25, 0.3) is 0 Å². The molecule has 1 fully saturated rings. The first-order valence-corrected chi connectivity index (χ1v) is 10.6. The molecule has 0 spiro atoms. The van der Waals surface area contributed by atoms with Gasteiger partial charge in [-0.3, -0.25) is 4.90 Å². The Hall–Kier alpha value is -3.38. The summed E-state index contributed by atoms with van der Waals surface area (Å²) < 4.78 is 5.88. The number of pyridine rings is 1. The zero-order valence-electron chi connectivity index (χ0n) is 17.6. The van der Waals surface area contributed by atoms with Gasteiger partial charge in [-0.1, -0.05) is 37.3 Å². The normalized spacial score (nSPS) is 15.9. The molecule has 6 heteroatoms. The van der Waals surface area contributed by atoms with Gasteiger partial charge < -0.3 is 14.7 Å². The molecule has 0 amide bonds. The second-order valence-electron chi connectivity index (χ2n) is 7.69. The number of likely N-dealkylation sites (N-methyl/N-ethyl adjacent to an activating group) is 1. The molecule has 1 N–H and O–H groups in total. The van der Waals surface area contributed by atoms with Crippen LogP contribution in [0.5, 0.6) is 11.5 Å². The Kier molecular flexibility index (Phi) is 6.48. The molecule has 1 atom stereocenters. The summed E-state index contributed by atoms with van der Waals surface area (Å²) >= 11 is 0. The molecule has 0 bridgehead atoms. The van der Waals surface area contributed by atoms with E-state index >= 15 is 0 Å². The van der Waals surface area contributed by atoms with Crippen molar-refractivity contribution in [3.63, 3.8) is 0 Å². The lowest BCUT2D eigenvalue weighted by molar-refractivity contribution is 0.0697. The minimum absolute atomic E-state index is 0.264. The van der Waals surface area contributed by atoms with Crippen LogP contribution in [-0.4, -0.2) is 46.6 Å². The van der Waals surface area contributed by atoms with Crippen LogP contribution in [0.2, 0.25) is 0 Å². The molecule has 1 aliphatic rings. The molecule has 2 aromatic carbocycles. The van der Waals surface area contributed by atoms with E-state index in [1.807, 2.05) is 42.5 Å². The van der Waals surface area contributed by atoms with Crippen LogP contribution in [0.25, 0.3) is 0 Å². The second kappa shape index (κ2) is 9.62. The highest BCUT2D eigenvalue weighted by Gasteiger charge is 2.29. The van der Waals surface area contributed by atoms with Crippen molar-refractivity contribution in [2.75, 3.05) is 24.5 Å². The number of nitrogens with zero attached hydrogens (tertiary/aromatic N) is 3. The zero-order chi connectivity index (χ0) is 21.6. The number of para-hydroxylation sites is 1. The van der Waals surface area contributed by atoms with Gasteiger partial charge in [0.1, 0.15) is 22.9 Å². The van der Waals surface area contributed by atoms with Crippen molar-refractivity contribution >= 4 is 11.8 Å². The van der Waals surface area contributed by atoms with Gasteiger partial charge in [-0.25, -0.2) is 9.78 Å². The first kappa shape index (κ1) is 20.9. The van der Waals surface area contributed by atoms with Gasteiger partial charge in [-0.2, -0.15) is 0 Å². The molecule has 1 aliphatic heterocycles. The Labute approximate surface area is 182 Å². The largest absolute Gasteiger partial charge is 0.478 e. The number of aromatic nitrogens is 1. The van der Waals surface area contributed by atoms with Gasteiger partial charge in [-0.05, 0) is 54.9 Å². The first-order chi connectivity index (χ1) is 15.1. The number of aromatic carboxylic acids is 1. The van der Waals surface area contributed by atoms with Gasteiger partial charge in [0.15, 0.2) is 0 Å². The number of ether oxygens (including phenoxy) is 1. The fraction of sp³-hybridized carbons (Fsp3) is 0.280. The van der Waals surface area contributed by atoms with Crippen molar-refractivity contribution < 1.29 is 14.6 Å². The molecule has 3 aromatic rings. The molecule has 0 unspecified atom stereocenters. The summed E-state index contributed by atoms with van der Waals surface area (Å²) in [5.41, 5.74) is 1.49. The van der Waals surface area contributed by atoms with E-state index in [2.05, 4.69) is 33.8 Å². The quantitative estimate of drug-likeness (QED) is 0.574. The second-order valence-corrected chi connectivity index (χ2v) is 7.69. The maximum Gasteiger partial charge on any atom is 0.339 e. The number of carbonyl (C=O) groups is 1. The van der Waals surface area contributed by atoms with Crippen molar-refractivity contribution in [3.8, 4) is 11.5 Å². The fourth-order valence-electron chi connectivity index (χ4n) is 4.07. The molecule has 4 rings (SSSR count). The summed E-state index contributed by atoms with van der Waals surface area (Å²) in [5.74, 6) is 1.28. The number of benzene rings is 2. The van der Waals surface area contributed by atoms with Crippen LogP contribution in [0.1, 0.15) is 29.3 Å². The van der Waals surface area contributed by atoms with E-state index in [1.165, 1.54) is 5.56 Å². The Bertz CT molecular complexity index is 1010. The van der Waals surface area contributed by atoms with Crippen molar-refractivity contribution in [3.05, 3.63) is 84.1 Å². The van der Waals surface area contributed by atoms with E-state index in [0.29, 0.717) is 11.9 Å². The minimum Gasteiger partial charge on any atom is -0.478 e. The Morgan fingerprint density at radius 3 is 2.55 bits per heavy atom. The minimum atomic E-state index is -0.934. The Morgan fingerprint density at radius 2 is 1.84 bits per heavy atom. The molecule has 0 radical (unpaired) electrons. The number of rotatable bonds is 8. The van der Waals surface area contributed by atoms with Gasteiger partial charge in [0, 0.05) is 31.9 Å². The summed E-state index contributed by atoms with van der Waals surface area (Å²) in [4.78, 5) is 20.4. The highest BCUT2D eigenvalue weighted by molar-refractivity contribution is 5.93. The SMILES string of the molecule is CCN(Cc1ccc(Oc2ccccc2)cc1)[C@H]1CCN(c2ncccc2C(=O)O)C1. The van der Waals surface area contributed by atoms with Crippen molar-refractivity contribution in [1.82, 2.24) is 9.88 Å². The Balaban J connectivity index is 1.39. The molecule has 1 aromatic heterocycles. The lowest BCUT2D eigenvalue weighted by Crippen LogP contribution is -2.37. The highest BCUT2D eigenvalue weighted by atomic mass is 16.5. The third-order valence-electron chi connectivity index (χ3n) is 5.69. The van der Waals surface area contributed by atoms with E-state index in [1.54, 1.807) is 18.3 Å². The van der Waals surface area contributed by atoms with Crippen molar-refractivity contribution in [1.29, 1.82) is 0 Å². The average molecular weight is 418 g/mol. The fourth-order valence-corrected chi connectivity index (χ4v) is 4.07. The predicted molar refractivity (Wildman–Crippen MR) is 121 cm³/mol. The van der Waals surface area contributed by atoms with Crippen molar-refractivity contribution in [2.45, 2.75) is 25.9 Å². The molecule has 1 saturated heterocycles. The molecule has 6 nitrogen and oxygen atoms in total. The van der Waals surface area contributed by atoms with Gasteiger partial charge in [0.05, 0.1) is 0 Å². The summed E-state index contributed by atoms with van der Waals surface area (Å²) in [6, 6.07) is 21.6. The van der Waals surface area contributed by atoms with Gasteiger partial charge in [0.2, 0.25) is 0 Å². The highest BCUT2D eigenvalue weighted by Crippen LogP contribution is 2.26. The maximum atomic E-state index is 11.5. The van der Waals surface area contributed by atoms with Crippen LogP contribution < -0.4 is 9.64 Å². The van der Waals surface area contributed by atoms with Crippen LogP contribution >= 0.6 is 0 Å². The predicted octanol–water partition coefficient (Wildman–Crippen LogP) is 4.67. The number of carboxylic acid groups (broad SMARTS) is 1. The summed E-state index contributed by atoms with van der Waals surface area (Å²) in [6.07, 6.45) is 2.64. The van der Waals surface area contributed by atoms with Crippen LogP contribution in [-0.2, 0) is 6.54 Å². The van der Waals surface area contributed by atoms with E-state index in [9.17, 15) is 9.90 Å². The number of anilines is 1. The van der Waals surface area contributed by atoms with E-state index in [4.69, 9.17) is 4.74 Å². The summed E-state index contributed by atoms with van der Waals surface area (Å²) in [6.45, 7) is 5.52. The number of hydrogen-bond acceptors (Lipinski definition) is 5. The maximum absolute atomic E-state index is 11.5. The summed E-state index contributed by atoms with van der Waals surface area (Å²) in [5, 5.41) is 9.47. The molecule has 0 saturated carbocycles. The van der Waals surface area contributed by atoms with Crippen LogP contribution in [0, 0.1) is 0 Å². The van der Waals surface area contributed by atoms with Gasteiger partial charge in [-0.15, -0.1) is 0 Å². The molecular weight excluding hydrogens is 390 g/mol. The monoisotopic (exact) mass is 417 g/mol. The lowest BCUT2D eigenvalue weighted by Gasteiger charge is -2.28. The van der Waals surface area contributed by atoms with E-state index in [0.717, 1.165) is 44.1 Å². The van der Waals surface area contributed by atoms with E-state index < -0.39 is 5.97 Å². The topological polar surface area (TPSA) is 65.9 Å². The summed E-state index contributed by atoms with van der Waals surface area (Å²) in [7, 11) is 0. The molecule has 0 aliphatic carbocycles. The third-order valence-corrected chi connectivity index (χ3v) is 5.69. The molecule has 2 heterocycles. The lowest BCUT2D eigenvalue weighted by atomic mass is 10.1. The van der Waals surface area contributed by atoms with E-state index in [-0.39, 0.29) is 5.56 Å². The molecule has 160 valence electrons. The third kappa shape index (κ3) is 5.03. The Morgan fingerprint density at radius 1 is 1.10 bits per heavy atom. The number of hydrogen-bond donors (Lipinski definition) is 1. The average Bonchev–Trinajstić information content (AvgIpc) is 3.29. The van der Waals surface area contributed by atoms with Crippen LogP contribution in [0.15, 0.2) is 72.9 Å². The number of carboxylic acids is 1. The smallest absolute Gasteiger partial charge is 0.339 e. The standard InChI is InChI=1S/C25H27N3O3/c1-2-27(17-19-10-12-22(13-11-19)31-21-7-4-3-5-8-21)20-14-16-28(18-20)24-23(25(29)30)9-6-15-26-24/h3-13,15,20H,2,14,16-18H2,1H3,(H,29,30)/t20-/m0/s1. The zero-order valence-corrected chi connectivity index (χ0v) is 17.6. The van der Waals surface area contributed by atoms with Crippen molar-refractivity contribution in [2.24, 2.45) is 0 Å².